The van der Waals surface area contributed by atoms with Crippen molar-refractivity contribution in [3.05, 3.63) is 53.1 Å². The van der Waals surface area contributed by atoms with Gasteiger partial charge in [0.25, 0.3) is 0 Å². The minimum atomic E-state index is 0.738. The third-order valence-corrected chi connectivity index (χ3v) is 2.83. The summed E-state index contributed by atoms with van der Waals surface area (Å²) in [5.74, 6) is 1.72. The van der Waals surface area contributed by atoms with Gasteiger partial charge < -0.3 is 10.1 Å². The van der Waals surface area contributed by atoms with Crippen molar-refractivity contribution in [3.63, 3.8) is 0 Å². The molecule has 0 amide bonds. The van der Waals surface area contributed by atoms with Gasteiger partial charge in [-0.3, -0.25) is 0 Å². The number of rotatable bonds is 5. The lowest BCUT2D eigenvalue weighted by molar-refractivity contribution is 0.414. The minimum Gasteiger partial charge on any atom is -0.497 e. The average Bonchev–Trinajstić information content (AvgIpc) is 2.39. The zero-order valence-corrected chi connectivity index (χ0v) is 11.6. The molecule has 0 aliphatic carbocycles. The molecule has 1 aromatic heterocycles. The normalized spacial score (nSPS) is 10.5. The summed E-state index contributed by atoms with van der Waals surface area (Å²) in [7, 11) is 3.59. The molecule has 0 radical (unpaired) electrons. The summed E-state index contributed by atoms with van der Waals surface area (Å²) in [5, 5.41) is 3.11. The van der Waals surface area contributed by atoms with Gasteiger partial charge >= 0.3 is 0 Å². The Morgan fingerprint density at radius 2 is 1.89 bits per heavy atom. The van der Waals surface area contributed by atoms with E-state index in [-0.39, 0.29) is 0 Å². The summed E-state index contributed by atoms with van der Waals surface area (Å²) >= 11 is 0. The summed E-state index contributed by atoms with van der Waals surface area (Å²) < 4.78 is 5.15. The maximum Gasteiger partial charge on any atom is 0.133 e. The molecule has 100 valence electrons. The average molecular weight is 257 g/mol. The van der Waals surface area contributed by atoms with Crippen LogP contribution >= 0.6 is 0 Å². The first-order chi connectivity index (χ1) is 9.21. The molecule has 0 atom stereocenters. The van der Waals surface area contributed by atoms with E-state index in [1.807, 2.05) is 44.3 Å². The van der Waals surface area contributed by atoms with Crippen LogP contribution in [0.4, 0.5) is 0 Å². The lowest BCUT2D eigenvalue weighted by atomic mass is 10.1. The van der Waals surface area contributed by atoms with Gasteiger partial charge in [-0.15, -0.1) is 0 Å². The van der Waals surface area contributed by atoms with Crippen LogP contribution in [-0.2, 0) is 13.0 Å². The highest BCUT2D eigenvalue weighted by Crippen LogP contribution is 2.13. The predicted molar refractivity (Wildman–Crippen MR) is 75.3 cm³/mol. The second-order valence-electron chi connectivity index (χ2n) is 4.47. The van der Waals surface area contributed by atoms with Crippen LogP contribution in [0.5, 0.6) is 5.75 Å². The molecule has 0 aliphatic heterocycles. The van der Waals surface area contributed by atoms with Gasteiger partial charge in [0.05, 0.1) is 12.8 Å². The van der Waals surface area contributed by atoms with E-state index in [0.29, 0.717) is 0 Å². The Hall–Kier alpha value is -1.94. The molecular formula is C15H19N3O. The first kappa shape index (κ1) is 13.5. The number of benzene rings is 1. The van der Waals surface area contributed by atoms with Crippen molar-refractivity contribution in [2.45, 2.75) is 19.9 Å². The number of nitrogens with one attached hydrogen (secondary N) is 1. The molecule has 0 fully saturated rings. The summed E-state index contributed by atoms with van der Waals surface area (Å²) in [6.45, 7) is 2.76. The van der Waals surface area contributed by atoms with Crippen molar-refractivity contribution in [3.8, 4) is 5.75 Å². The lowest BCUT2D eigenvalue weighted by Gasteiger charge is -2.06. The van der Waals surface area contributed by atoms with Crippen LogP contribution in [0.1, 0.15) is 22.8 Å². The van der Waals surface area contributed by atoms with Crippen LogP contribution in [0.2, 0.25) is 0 Å². The highest BCUT2D eigenvalue weighted by Gasteiger charge is 2.03. The zero-order valence-electron chi connectivity index (χ0n) is 11.6. The fourth-order valence-electron chi connectivity index (χ4n) is 1.98. The maximum absolute atomic E-state index is 5.15. The van der Waals surface area contributed by atoms with Crippen molar-refractivity contribution in [1.29, 1.82) is 0 Å². The molecule has 2 rings (SSSR count). The molecule has 0 aliphatic rings. The number of aromatic nitrogens is 2. The molecule has 4 heteroatoms. The molecule has 0 saturated heterocycles. The van der Waals surface area contributed by atoms with E-state index in [1.165, 1.54) is 5.56 Å². The van der Waals surface area contributed by atoms with Crippen LogP contribution in [0.25, 0.3) is 0 Å². The summed E-state index contributed by atoms with van der Waals surface area (Å²) in [4.78, 5) is 9.04. The summed E-state index contributed by atoms with van der Waals surface area (Å²) in [6.07, 6.45) is 0.738. The van der Waals surface area contributed by atoms with Crippen molar-refractivity contribution in [1.82, 2.24) is 15.3 Å². The van der Waals surface area contributed by atoms with Crippen LogP contribution in [-0.4, -0.2) is 24.1 Å². The first-order valence-corrected chi connectivity index (χ1v) is 6.32. The molecule has 0 bridgehead atoms. The fourth-order valence-corrected chi connectivity index (χ4v) is 1.98. The molecule has 0 spiro atoms. The maximum atomic E-state index is 5.15. The molecule has 0 unspecified atom stereocenters. The van der Waals surface area contributed by atoms with E-state index in [9.17, 15) is 0 Å². The van der Waals surface area contributed by atoms with Crippen LogP contribution < -0.4 is 10.1 Å². The molecule has 1 N–H and O–H groups in total. The van der Waals surface area contributed by atoms with E-state index in [1.54, 1.807) is 7.11 Å². The van der Waals surface area contributed by atoms with E-state index in [2.05, 4.69) is 15.3 Å². The highest BCUT2D eigenvalue weighted by atomic mass is 16.5. The number of hydrogen-bond donors (Lipinski definition) is 1. The smallest absolute Gasteiger partial charge is 0.133 e. The third kappa shape index (κ3) is 3.76. The topological polar surface area (TPSA) is 47.0 Å². The summed E-state index contributed by atoms with van der Waals surface area (Å²) in [5.41, 5.74) is 3.21. The SMILES string of the molecule is CNCc1cc(C)nc(Cc2ccc(OC)cc2)n1. The Morgan fingerprint density at radius 1 is 1.16 bits per heavy atom. The Morgan fingerprint density at radius 3 is 2.53 bits per heavy atom. The number of hydrogen-bond acceptors (Lipinski definition) is 4. The molecule has 1 aromatic carbocycles. The van der Waals surface area contributed by atoms with Crippen molar-refractivity contribution in [2.75, 3.05) is 14.2 Å². The fraction of sp³-hybridized carbons (Fsp3) is 0.333. The van der Waals surface area contributed by atoms with Gasteiger partial charge in [0.1, 0.15) is 11.6 Å². The zero-order chi connectivity index (χ0) is 13.7. The van der Waals surface area contributed by atoms with Gasteiger partial charge in [0.2, 0.25) is 0 Å². The van der Waals surface area contributed by atoms with Crippen LogP contribution in [0.15, 0.2) is 30.3 Å². The Labute approximate surface area is 113 Å². The third-order valence-electron chi connectivity index (χ3n) is 2.83. The second-order valence-corrected chi connectivity index (χ2v) is 4.47. The monoisotopic (exact) mass is 257 g/mol. The lowest BCUT2D eigenvalue weighted by Crippen LogP contribution is -2.10. The van der Waals surface area contributed by atoms with E-state index >= 15 is 0 Å². The van der Waals surface area contributed by atoms with Gasteiger partial charge in [-0.1, -0.05) is 12.1 Å². The van der Waals surface area contributed by atoms with E-state index in [4.69, 9.17) is 4.74 Å². The number of methoxy groups -OCH3 is 1. The molecule has 0 saturated carbocycles. The Bertz CT molecular complexity index is 538. The van der Waals surface area contributed by atoms with E-state index in [0.717, 1.165) is 35.9 Å². The predicted octanol–water partition coefficient (Wildman–Crippen LogP) is 2.10. The number of nitrogens with zero attached hydrogens (tertiary/aromatic N) is 2. The highest BCUT2D eigenvalue weighted by molar-refractivity contribution is 5.29. The molecule has 2 aromatic rings. The molecule has 4 nitrogen and oxygen atoms in total. The van der Waals surface area contributed by atoms with Gasteiger partial charge in [-0.05, 0) is 37.7 Å². The van der Waals surface area contributed by atoms with Crippen LogP contribution in [0, 0.1) is 6.92 Å². The van der Waals surface area contributed by atoms with Crippen molar-refractivity contribution < 1.29 is 4.74 Å². The quantitative estimate of drug-likeness (QED) is 0.891. The first-order valence-electron chi connectivity index (χ1n) is 6.32. The van der Waals surface area contributed by atoms with Gasteiger partial charge in [-0.25, -0.2) is 9.97 Å². The van der Waals surface area contributed by atoms with E-state index < -0.39 is 0 Å². The Kier molecular flexibility index (Phi) is 4.47. The molecule has 1 heterocycles. The van der Waals surface area contributed by atoms with Gasteiger partial charge in [-0.2, -0.15) is 0 Å². The summed E-state index contributed by atoms with van der Waals surface area (Å²) in [6, 6.07) is 10.0. The number of ether oxygens (including phenoxy) is 1. The second kappa shape index (κ2) is 6.29. The minimum absolute atomic E-state index is 0.738. The van der Waals surface area contributed by atoms with Crippen LogP contribution in [0.3, 0.4) is 0 Å². The van der Waals surface area contributed by atoms with Gasteiger partial charge in [0, 0.05) is 18.7 Å². The number of aryl methyl sites for hydroxylation is 1. The van der Waals surface area contributed by atoms with Gasteiger partial charge in [0.15, 0.2) is 0 Å². The standard InChI is InChI=1S/C15H19N3O/c1-11-8-13(10-16-2)18-15(17-11)9-12-4-6-14(19-3)7-5-12/h4-8,16H,9-10H2,1-3H3. The van der Waals surface area contributed by atoms with Crippen molar-refractivity contribution in [2.24, 2.45) is 0 Å². The molecule has 19 heavy (non-hydrogen) atoms. The Balaban J connectivity index is 2.17. The molecular weight excluding hydrogens is 238 g/mol. The largest absolute Gasteiger partial charge is 0.497 e. The van der Waals surface area contributed by atoms with Crippen molar-refractivity contribution >= 4 is 0 Å².